The van der Waals surface area contributed by atoms with Crippen LogP contribution >= 0.6 is 0 Å². The van der Waals surface area contributed by atoms with Gasteiger partial charge in [0.25, 0.3) is 10.0 Å². The fraction of sp³-hybridized carbons (Fsp3) is 0.409. The Bertz CT molecular complexity index is 1100. The molecule has 0 saturated carbocycles. The molecule has 1 aliphatic heterocycles. The molecule has 0 bridgehead atoms. The average Bonchev–Trinajstić information content (AvgIpc) is 2.65. The highest BCUT2D eigenvalue weighted by Gasteiger charge is 2.40. The molecule has 0 saturated heterocycles. The first kappa shape index (κ1) is 23.8. The minimum Gasteiger partial charge on any atom is -0.483 e. The molecule has 0 aliphatic carbocycles. The fourth-order valence-corrected chi connectivity index (χ4v) is 4.55. The van der Waals surface area contributed by atoms with Crippen molar-refractivity contribution in [2.45, 2.75) is 56.8 Å². The zero-order valence-electron chi connectivity index (χ0n) is 18.5. The van der Waals surface area contributed by atoms with Gasteiger partial charge < -0.3 is 14.6 Å². The summed E-state index contributed by atoms with van der Waals surface area (Å²) in [5.41, 5.74) is -1.59. The number of fused-ring (bicyclic) bond motifs is 1. The van der Waals surface area contributed by atoms with Crippen LogP contribution < -0.4 is 14.4 Å². The maximum Gasteiger partial charge on any atom is 0.412 e. The van der Waals surface area contributed by atoms with Crippen LogP contribution in [0.25, 0.3) is 0 Å². The quantitative estimate of drug-likeness (QED) is 0.708. The molecule has 10 heteroatoms. The van der Waals surface area contributed by atoms with Crippen LogP contribution in [-0.4, -0.2) is 43.5 Å². The molecule has 1 amide bonds. The van der Waals surface area contributed by atoms with E-state index >= 15 is 0 Å². The van der Waals surface area contributed by atoms with Gasteiger partial charge in [0, 0.05) is 5.69 Å². The van der Waals surface area contributed by atoms with Crippen LogP contribution in [0, 0.1) is 5.82 Å². The van der Waals surface area contributed by atoms with Crippen molar-refractivity contribution < 1.29 is 32.2 Å². The molecular formula is C22H27FN2O6S. The first-order valence-electron chi connectivity index (χ1n) is 9.98. The highest BCUT2D eigenvalue weighted by atomic mass is 32.2. The molecule has 0 fully saturated rings. The van der Waals surface area contributed by atoms with Gasteiger partial charge in [0.2, 0.25) is 0 Å². The second-order valence-electron chi connectivity index (χ2n) is 9.06. The van der Waals surface area contributed by atoms with Crippen molar-refractivity contribution >= 4 is 27.5 Å². The Kier molecular flexibility index (Phi) is 6.14. The molecule has 8 nitrogen and oxygen atoms in total. The van der Waals surface area contributed by atoms with E-state index in [1.54, 1.807) is 20.8 Å². The smallest absolute Gasteiger partial charge is 0.412 e. The van der Waals surface area contributed by atoms with E-state index in [4.69, 9.17) is 9.47 Å². The fourth-order valence-electron chi connectivity index (χ4n) is 3.08. The van der Waals surface area contributed by atoms with E-state index in [0.717, 1.165) is 16.4 Å². The van der Waals surface area contributed by atoms with Crippen LogP contribution in [0.1, 0.15) is 34.6 Å². The second kappa shape index (κ2) is 8.25. The lowest BCUT2D eigenvalue weighted by atomic mass is 10.0. The molecule has 0 aromatic heterocycles. The van der Waals surface area contributed by atoms with E-state index < -0.39 is 39.2 Å². The van der Waals surface area contributed by atoms with Crippen molar-refractivity contribution in [3.05, 3.63) is 48.3 Å². The van der Waals surface area contributed by atoms with Crippen LogP contribution in [0.2, 0.25) is 0 Å². The third kappa shape index (κ3) is 5.31. The maximum atomic E-state index is 13.4. The van der Waals surface area contributed by atoms with Gasteiger partial charge in [-0.1, -0.05) is 0 Å². The lowest BCUT2D eigenvalue weighted by Gasteiger charge is -2.40. The third-order valence-corrected chi connectivity index (χ3v) is 6.46. The van der Waals surface area contributed by atoms with Crippen LogP contribution in [0.4, 0.5) is 20.6 Å². The highest BCUT2D eigenvalue weighted by Crippen LogP contribution is 2.40. The number of sulfonamides is 1. The van der Waals surface area contributed by atoms with Gasteiger partial charge in [-0.3, -0.25) is 9.62 Å². The van der Waals surface area contributed by atoms with E-state index in [9.17, 15) is 22.7 Å². The number of rotatable bonds is 4. The molecule has 2 aromatic carbocycles. The topological polar surface area (TPSA) is 105 Å². The molecule has 174 valence electrons. The average molecular weight is 467 g/mol. The zero-order chi connectivity index (χ0) is 23.9. The molecule has 2 aromatic rings. The molecule has 2 N–H and O–H groups in total. The molecule has 0 unspecified atom stereocenters. The summed E-state index contributed by atoms with van der Waals surface area (Å²) in [5, 5.41) is 13.0. The van der Waals surface area contributed by atoms with Crippen LogP contribution in [0.5, 0.6) is 5.75 Å². The monoisotopic (exact) mass is 466 g/mol. The van der Waals surface area contributed by atoms with Gasteiger partial charge in [-0.25, -0.2) is 17.6 Å². The minimum absolute atomic E-state index is 0.119. The largest absolute Gasteiger partial charge is 0.483 e. The minimum atomic E-state index is -4.13. The van der Waals surface area contributed by atoms with Gasteiger partial charge in [0.05, 0.1) is 22.7 Å². The number of hydrogen-bond donors (Lipinski definition) is 2. The number of nitrogens with zero attached hydrogens (tertiary/aromatic N) is 1. The van der Waals surface area contributed by atoms with E-state index in [1.807, 2.05) is 0 Å². The number of carbonyl (C=O) groups excluding carboxylic acids is 1. The molecule has 32 heavy (non-hydrogen) atoms. The van der Waals surface area contributed by atoms with Crippen molar-refractivity contribution in [1.29, 1.82) is 0 Å². The Morgan fingerprint density at radius 3 is 2.34 bits per heavy atom. The van der Waals surface area contributed by atoms with Crippen molar-refractivity contribution in [1.82, 2.24) is 0 Å². The van der Waals surface area contributed by atoms with Crippen molar-refractivity contribution in [3.8, 4) is 5.75 Å². The van der Waals surface area contributed by atoms with Crippen molar-refractivity contribution in [2.24, 2.45) is 0 Å². The number of halogens is 1. The molecule has 1 aliphatic rings. The Hall–Kier alpha value is -2.85. The van der Waals surface area contributed by atoms with Crippen LogP contribution in [-0.2, 0) is 14.8 Å². The van der Waals surface area contributed by atoms with Crippen LogP contribution in [0.3, 0.4) is 0 Å². The van der Waals surface area contributed by atoms with Gasteiger partial charge in [-0.2, -0.15) is 0 Å². The summed E-state index contributed by atoms with van der Waals surface area (Å²) in [4.78, 5) is 12.0. The van der Waals surface area contributed by atoms with Gasteiger partial charge in [0.1, 0.15) is 23.3 Å². The Morgan fingerprint density at radius 2 is 1.78 bits per heavy atom. The molecular weight excluding hydrogens is 439 g/mol. The van der Waals surface area contributed by atoms with E-state index in [1.165, 1.54) is 44.2 Å². The van der Waals surface area contributed by atoms with Crippen molar-refractivity contribution in [3.63, 3.8) is 0 Å². The number of ether oxygens (including phenoxy) is 2. The van der Waals surface area contributed by atoms with Gasteiger partial charge in [0.15, 0.2) is 0 Å². The first-order chi connectivity index (χ1) is 14.7. The molecule has 1 atom stereocenters. The standard InChI is InChI=1S/C22H27FN2O6S/c1-21(2,3)31-20(26)24-15-8-11-18-17(12-15)25(13-19(30-18)22(4,5)27)32(28,29)16-9-6-14(23)7-10-16/h6-12,19,27H,13H2,1-5H3,(H,24,26)/t19-/m0/s1. The summed E-state index contributed by atoms with van der Waals surface area (Å²) in [5.74, 6) is -0.353. The number of hydrogen-bond acceptors (Lipinski definition) is 6. The second-order valence-corrected chi connectivity index (χ2v) is 10.9. The number of amides is 1. The predicted molar refractivity (Wildman–Crippen MR) is 118 cm³/mol. The number of aliphatic hydroxyl groups is 1. The van der Waals surface area contributed by atoms with Gasteiger partial charge >= 0.3 is 6.09 Å². The third-order valence-electron chi connectivity index (χ3n) is 4.66. The summed E-state index contributed by atoms with van der Waals surface area (Å²) in [6, 6.07) is 8.94. The van der Waals surface area contributed by atoms with E-state index in [0.29, 0.717) is 5.69 Å². The SMILES string of the molecule is CC(C)(C)OC(=O)Nc1ccc2c(c1)N(S(=O)(=O)c1ccc(F)cc1)C[C@@H](C(C)(C)O)O2. The lowest BCUT2D eigenvalue weighted by Crippen LogP contribution is -2.52. The first-order valence-corrected chi connectivity index (χ1v) is 11.4. The molecule has 3 rings (SSSR count). The molecule has 0 radical (unpaired) electrons. The summed E-state index contributed by atoms with van der Waals surface area (Å²) >= 11 is 0. The van der Waals surface area contributed by atoms with Gasteiger partial charge in [-0.05, 0) is 77.1 Å². The van der Waals surface area contributed by atoms with E-state index in [-0.39, 0.29) is 22.9 Å². The lowest BCUT2D eigenvalue weighted by molar-refractivity contribution is -0.0313. The number of nitrogens with one attached hydrogen (secondary N) is 1. The highest BCUT2D eigenvalue weighted by molar-refractivity contribution is 7.92. The summed E-state index contributed by atoms with van der Waals surface area (Å²) in [6.45, 7) is 8.02. The summed E-state index contributed by atoms with van der Waals surface area (Å²) < 4.78 is 52.4. The summed E-state index contributed by atoms with van der Waals surface area (Å²) in [7, 11) is -4.13. The Labute approximate surface area is 187 Å². The molecule has 1 heterocycles. The van der Waals surface area contributed by atoms with Crippen LogP contribution in [0.15, 0.2) is 47.4 Å². The molecule has 0 spiro atoms. The number of anilines is 2. The van der Waals surface area contributed by atoms with Gasteiger partial charge in [-0.15, -0.1) is 0 Å². The zero-order valence-corrected chi connectivity index (χ0v) is 19.4. The Morgan fingerprint density at radius 1 is 1.16 bits per heavy atom. The Balaban J connectivity index is 2.03. The van der Waals surface area contributed by atoms with Crippen molar-refractivity contribution in [2.75, 3.05) is 16.2 Å². The number of benzene rings is 2. The maximum absolute atomic E-state index is 13.4. The predicted octanol–water partition coefficient (Wildman–Crippen LogP) is 3.90. The summed E-state index contributed by atoms with van der Waals surface area (Å²) in [6.07, 6.45) is -1.56. The number of carbonyl (C=O) groups is 1. The normalized spacial score (nSPS) is 16.7. The van der Waals surface area contributed by atoms with E-state index in [2.05, 4.69) is 5.32 Å².